The van der Waals surface area contributed by atoms with E-state index in [2.05, 4.69) is 27.8 Å². The number of aliphatic imine (C=N–C) groups is 1. The number of likely N-dealkylation sites (N-methyl/N-ethyl adjacent to an activating group) is 1. The fourth-order valence-corrected chi connectivity index (χ4v) is 5.22. The molecule has 0 saturated heterocycles. The van der Waals surface area contributed by atoms with Crippen molar-refractivity contribution in [1.29, 1.82) is 0 Å². The maximum Gasteiger partial charge on any atom is 0.222 e. The van der Waals surface area contributed by atoms with Crippen molar-refractivity contribution in [2.24, 2.45) is 4.99 Å². The van der Waals surface area contributed by atoms with Crippen LogP contribution in [0.3, 0.4) is 0 Å². The van der Waals surface area contributed by atoms with Gasteiger partial charge in [0.2, 0.25) is 5.91 Å². The second kappa shape index (κ2) is 11.9. The Bertz CT molecular complexity index is 1130. The van der Waals surface area contributed by atoms with E-state index in [1.54, 1.807) is 11.9 Å². The summed E-state index contributed by atoms with van der Waals surface area (Å²) < 4.78 is 24.9. The Morgan fingerprint density at radius 2 is 1.88 bits per heavy atom. The predicted molar refractivity (Wildman–Crippen MR) is 137 cm³/mol. The number of carbonyl (C=O) groups excluding carboxylic acids is 1. The van der Waals surface area contributed by atoms with E-state index < -0.39 is 9.84 Å². The number of nitrogens with zero attached hydrogens (tertiary/aromatic N) is 2. The van der Waals surface area contributed by atoms with Gasteiger partial charge in [0.1, 0.15) is 11.7 Å². The predicted octanol–water partition coefficient (Wildman–Crippen LogP) is 2.73. The molecule has 1 heterocycles. The molecule has 4 N–H and O–H groups in total. The average Bonchev–Trinajstić information content (AvgIpc) is 3.35. The highest BCUT2D eigenvalue weighted by Crippen LogP contribution is 2.30. The van der Waals surface area contributed by atoms with Gasteiger partial charge in [-0.2, -0.15) is 0 Å². The first-order valence-corrected chi connectivity index (χ1v) is 13.4. The summed E-state index contributed by atoms with van der Waals surface area (Å²) in [6.45, 7) is 2.68. The van der Waals surface area contributed by atoms with Crippen LogP contribution in [0.5, 0.6) is 0 Å². The Labute approximate surface area is 210 Å². The highest BCUT2D eigenvalue weighted by Gasteiger charge is 2.17. The number of benzene rings is 2. The Hall–Kier alpha value is -2.33. The van der Waals surface area contributed by atoms with E-state index in [9.17, 15) is 13.2 Å². The lowest BCUT2D eigenvalue weighted by atomic mass is 10.1. The summed E-state index contributed by atoms with van der Waals surface area (Å²) in [7, 11) is -1.85. The van der Waals surface area contributed by atoms with Crippen LogP contribution in [0, 0.1) is 0 Å². The lowest BCUT2D eigenvalue weighted by Gasteiger charge is -2.17. The first kappa shape index (κ1) is 26.3. The maximum absolute atomic E-state index is 12.5. The summed E-state index contributed by atoms with van der Waals surface area (Å²) in [6.07, 6.45) is 1.60. The molecule has 8 nitrogen and oxygen atoms in total. The zero-order chi connectivity index (χ0) is 24.7. The molecule has 34 heavy (non-hydrogen) atoms. The third kappa shape index (κ3) is 7.09. The number of carbonyl (C=O) groups is 1. The van der Waals surface area contributed by atoms with Crippen LogP contribution in [0.15, 0.2) is 46.3 Å². The summed E-state index contributed by atoms with van der Waals surface area (Å²) in [6, 6.07) is 10.8. The van der Waals surface area contributed by atoms with Crippen molar-refractivity contribution in [1.82, 2.24) is 15.5 Å². The summed E-state index contributed by atoms with van der Waals surface area (Å²) in [5.74, 6) is 0.662. The first-order valence-electron chi connectivity index (χ1n) is 11.0. The molecule has 0 radical (unpaired) electrons. The van der Waals surface area contributed by atoms with Crippen molar-refractivity contribution in [2.45, 2.75) is 24.2 Å². The lowest BCUT2D eigenvalue weighted by molar-refractivity contribution is -0.129. The molecule has 3 rings (SSSR count). The van der Waals surface area contributed by atoms with Gasteiger partial charge in [-0.25, -0.2) is 8.42 Å². The van der Waals surface area contributed by atoms with Crippen LogP contribution >= 0.6 is 23.2 Å². The van der Waals surface area contributed by atoms with Gasteiger partial charge in [-0.15, -0.1) is 0 Å². The summed E-state index contributed by atoms with van der Waals surface area (Å²) in [5.41, 5.74) is 8.02. The fourth-order valence-electron chi connectivity index (χ4n) is 3.43. The largest absolute Gasteiger partial charge is 0.396 e. The highest BCUT2D eigenvalue weighted by molar-refractivity contribution is 7.91. The standard InChI is InChI=1S/C23H29Cl2N5O3S/c1-30(12-8-16-4-6-17(7-5-16)23-28-10-11-29-23)21(31)3-2-9-27-15-34(32,33)18-13-19(24)22(26)20(25)14-18/h4-7,13-14,27H,2-3,8-12,15,26H2,1H3,(H,28,29). The van der Waals surface area contributed by atoms with Gasteiger partial charge in [0.15, 0.2) is 9.84 Å². The normalized spacial score (nSPS) is 13.4. The number of amides is 1. The molecule has 0 fully saturated rings. The third-order valence-corrected chi connectivity index (χ3v) is 7.67. The van der Waals surface area contributed by atoms with E-state index in [-0.39, 0.29) is 32.4 Å². The van der Waals surface area contributed by atoms with E-state index in [4.69, 9.17) is 28.9 Å². The van der Waals surface area contributed by atoms with Crippen LogP contribution in [0.4, 0.5) is 5.69 Å². The number of amidine groups is 1. The van der Waals surface area contributed by atoms with Gasteiger partial charge in [-0.3, -0.25) is 9.79 Å². The molecule has 184 valence electrons. The van der Waals surface area contributed by atoms with Gasteiger partial charge < -0.3 is 21.3 Å². The highest BCUT2D eigenvalue weighted by atomic mass is 35.5. The van der Waals surface area contributed by atoms with Gasteiger partial charge in [-0.05, 0) is 37.1 Å². The molecule has 0 unspecified atom stereocenters. The quantitative estimate of drug-likeness (QED) is 0.306. The molecule has 1 amide bonds. The minimum absolute atomic E-state index is 0.000496. The van der Waals surface area contributed by atoms with Crippen LogP contribution < -0.4 is 16.4 Å². The summed E-state index contributed by atoms with van der Waals surface area (Å²) in [4.78, 5) is 18.5. The number of rotatable bonds is 11. The van der Waals surface area contributed by atoms with E-state index in [0.29, 0.717) is 25.9 Å². The SMILES string of the molecule is CN(CCc1ccc(C2=NCCN2)cc1)C(=O)CCCNCS(=O)(=O)c1cc(Cl)c(N)c(Cl)c1. The Kier molecular flexibility index (Phi) is 9.18. The minimum Gasteiger partial charge on any atom is -0.396 e. The van der Waals surface area contributed by atoms with E-state index in [1.807, 2.05) is 12.1 Å². The second-order valence-electron chi connectivity index (χ2n) is 8.08. The van der Waals surface area contributed by atoms with E-state index in [1.165, 1.54) is 12.1 Å². The van der Waals surface area contributed by atoms with Crippen LogP contribution in [-0.4, -0.2) is 64.2 Å². The van der Waals surface area contributed by atoms with E-state index >= 15 is 0 Å². The van der Waals surface area contributed by atoms with Crippen molar-refractivity contribution < 1.29 is 13.2 Å². The van der Waals surface area contributed by atoms with Gasteiger partial charge in [0.25, 0.3) is 0 Å². The molecule has 11 heteroatoms. The summed E-state index contributed by atoms with van der Waals surface area (Å²) in [5, 5.41) is 6.31. The van der Waals surface area contributed by atoms with Crippen molar-refractivity contribution >= 4 is 50.5 Å². The van der Waals surface area contributed by atoms with Gasteiger partial charge in [0.05, 0.1) is 27.2 Å². The van der Waals surface area contributed by atoms with Gasteiger partial charge in [0, 0.05) is 32.1 Å². The second-order valence-corrected chi connectivity index (χ2v) is 10.9. The number of nitrogens with two attached hydrogens (primary N) is 1. The number of hydrogen-bond acceptors (Lipinski definition) is 7. The molecule has 1 aliphatic heterocycles. The zero-order valence-corrected chi connectivity index (χ0v) is 21.3. The molecular weight excluding hydrogens is 497 g/mol. The smallest absolute Gasteiger partial charge is 0.222 e. The lowest BCUT2D eigenvalue weighted by Crippen LogP contribution is -2.30. The van der Waals surface area contributed by atoms with Crippen molar-refractivity contribution in [3.63, 3.8) is 0 Å². The molecule has 0 aromatic heterocycles. The first-order chi connectivity index (χ1) is 16.2. The molecule has 0 atom stereocenters. The summed E-state index contributed by atoms with van der Waals surface area (Å²) >= 11 is 11.9. The van der Waals surface area contributed by atoms with Crippen LogP contribution in [0.1, 0.15) is 24.0 Å². The molecule has 2 aromatic carbocycles. The Balaban J connectivity index is 1.36. The Morgan fingerprint density at radius 1 is 1.21 bits per heavy atom. The molecule has 1 aliphatic rings. The molecular formula is C23H29Cl2N5O3S. The average molecular weight is 526 g/mol. The number of sulfone groups is 1. The molecule has 2 aromatic rings. The third-order valence-electron chi connectivity index (χ3n) is 5.51. The van der Waals surface area contributed by atoms with E-state index in [0.717, 1.165) is 36.5 Å². The molecule has 0 aliphatic carbocycles. The van der Waals surface area contributed by atoms with Gasteiger partial charge >= 0.3 is 0 Å². The molecule has 0 bridgehead atoms. The minimum atomic E-state index is -3.63. The molecule has 0 saturated carbocycles. The maximum atomic E-state index is 12.5. The van der Waals surface area contributed by atoms with Crippen LogP contribution in [0.25, 0.3) is 0 Å². The number of hydrogen-bond donors (Lipinski definition) is 3. The van der Waals surface area contributed by atoms with Crippen molar-refractivity contribution in [3.05, 3.63) is 57.6 Å². The van der Waals surface area contributed by atoms with Crippen LogP contribution in [0.2, 0.25) is 10.0 Å². The number of nitrogen functional groups attached to an aromatic ring is 1. The molecule has 0 spiro atoms. The van der Waals surface area contributed by atoms with Crippen molar-refractivity contribution in [3.8, 4) is 0 Å². The van der Waals surface area contributed by atoms with Gasteiger partial charge in [-0.1, -0.05) is 47.5 Å². The van der Waals surface area contributed by atoms with Crippen LogP contribution in [-0.2, 0) is 21.1 Å². The topological polar surface area (TPSA) is 117 Å². The number of halogens is 2. The number of anilines is 1. The zero-order valence-electron chi connectivity index (χ0n) is 19.0. The van der Waals surface area contributed by atoms with Crippen molar-refractivity contribution in [2.75, 3.05) is 44.8 Å². The fraction of sp³-hybridized carbons (Fsp3) is 0.391. The number of nitrogens with one attached hydrogen (secondary N) is 2. The monoisotopic (exact) mass is 525 g/mol. The Morgan fingerprint density at radius 3 is 2.50 bits per heavy atom.